The van der Waals surface area contributed by atoms with Gasteiger partial charge in [-0.3, -0.25) is 9.59 Å². The number of amides is 1. The van der Waals surface area contributed by atoms with Gasteiger partial charge < -0.3 is 10.1 Å². The van der Waals surface area contributed by atoms with Crippen molar-refractivity contribution in [2.24, 2.45) is 0 Å². The second kappa shape index (κ2) is 9.12. The van der Waals surface area contributed by atoms with Gasteiger partial charge in [-0.1, -0.05) is 48.9 Å². The van der Waals surface area contributed by atoms with Gasteiger partial charge in [0, 0.05) is 22.7 Å². The fourth-order valence-electron chi connectivity index (χ4n) is 4.52. The first-order valence-corrected chi connectivity index (χ1v) is 12.0. The van der Waals surface area contributed by atoms with E-state index in [2.05, 4.69) is 12.2 Å². The lowest BCUT2D eigenvalue weighted by atomic mass is 10.0. The van der Waals surface area contributed by atoms with Crippen LogP contribution >= 0.6 is 11.6 Å². The highest BCUT2D eigenvalue weighted by molar-refractivity contribution is 6.30. The molecule has 0 radical (unpaired) electrons. The third kappa shape index (κ3) is 4.26. The molecule has 1 amide bonds. The Kier molecular flexibility index (Phi) is 5.99. The van der Waals surface area contributed by atoms with Crippen molar-refractivity contribution in [3.8, 4) is 17.3 Å². The van der Waals surface area contributed by atoms with Gasteiger partial charge in [0.25, 0.3) is 5.56 Å². The molecule has 178 valence electrons. The molecule has 3 aromatic carbocycles. The second-order valence-electron chi connectivity index (χ2n) is 8.82. The summed E-state index contributed by atoms with van der Waals surface area (Å²) in [5, 5.41) is 3.60. The van der Waals surface area contributed by atoms with Crippen LogP contribution in [0.15, 0.2) is 65.5 Å². The predicted molar refractivity (Wildman–Crippen MR) is 138 cm³/mol. The summed E-state index contributed by atoms with van der Waals surface area (Å²) in [5.74, 6) is 0.759. The summed E-state index contributed by atoms with van der Waals surface area (Å²) in [5.41, 5.74) is 5.69. The smallest absolute Gasteiger partial charge is 0.278 e. The van der Waals surface area contributed by atoms with Crippen molar-refractivity contribution in [1.29, 1.82) is 0 Å². The molecule has 0 saturated heterocycles. The Bertz CT molecular complexity index is 1480. The number of nitrogens with zero attached hydrogens (tertiary/aromatic N) is 2. The molecule has 6 nitrogen and oxygen atoms in total. The van der Waals surface area contributed by atoms with Crippen LogP contribution in [-0.2, 0) is 24.2 Å². The highest BCUT2D eigenvalue weighted by atomic mass is 35.5. The van der Waals surface area contributed by atoms with E-state index in [1.54, 1.807) is 16.8 Å². The van der Waals surface area contributed by atoms with E-state index in [4.69, 9.17) is 16.3 Å². The van der Waals surface area contributed by atoms with Crippen molar-refractivity contribution in [2.45, 2.75) is 40.2 Å². The lowest BCUT2D eigenvalue weighted by molar-refractivity contribution is -0.117. The zero-order valence-corrected chi connectivity index (χ0v) is 20.6. The molecule has 1 N–H and O–H groups in total. The molecule has 1 aromatic heterocycles. The fraction of sp³-hybridized carbons (Fsp3) is 0.214. The number of anilines is 1. The first kappa shape index (κ1) is 23.0. The van der Waals surface area contributed by atoms with Crippen LogP contribution in [-0.4, -0.2) is 15.3 Å². The minimum Gasteiger partial charge on any atom is -0.439 e. The standard InChI is InChI=1S/C28H26ClN3O3/c1-4-19-8-11-22(12-9-19)32-27(34)23-15-20-14-21(29)10-13-24(20)35-28(23)31(32)16-25(33)30-26-17(2)6-5-7-18(26)3/h5-14H,4,15-16H2,1-3H3,(H,30,33). The van der Waals surface area contributed by atoms with E-state index in [-0.39, 0.29) is 18.0 Å². The summed E-state index contributed by atoms with van der Waals surface area (Å²) in [7, 11) is 0. The van der Waals surface area contributed by atoms with Crippen LogP contribution in [0.25, 0.3) is 5.69 Å². The Hall–Kier alpha value is -3.77. The first-order chi connectivity index (χ1) is 16.9. The van der Waals surface area contributed by atoms with E-state index in [1.165, 1.54) is 4.68 Å². The van der Waals surface area contributed by atoms with E-state index < -0.39 is 0 Å². The second-order valence-corrected chi connectivity index (χ2v) is 9.26. The number of carbonyl (C=O) groups excluding carboxylic acids is 1. The molecular formula is C28H26ClN3O3. The summed E-state index contributed by atoms with van der Waals surface area (Å²) in [6.07, 6.45) is 1.27. The Morgan fingerprint density at radius 2 is 1.77 bits per heavy atom. The maximum Gasteiger partial charge on any atom is 0.278 e. The summed E-state index contributed by atoms with van der Waals surface area (Å²) in [4.78, 5) is 26.9. The molecule has 5 rings (SSSR count). The normalized spacial score (nSPS) is 12.0. The molecular weight excluding hydrogens is 462 g/mol. The van der Waals surface area contributed by atoms with Crippen LogP contribution in [0.1, 0.15) is 34.7 Å². The van der Waals surface area contributed by atoms with E-state index in [1.807, 2.05) is 62.4 Å². The molecule has 7 heteroatoms. The van der Waals surface area contributed by atoms with Gasteiger partial charge in [-0.25, -0.2) is 9.36 Å². The zero-order chi connectivity index (χ0) is 24.7. The number of halogens is 1. The molecule has 1 aliphatic heterocycles. The average Bonchev–Trinajstić information content (AvgIpc) is 3.10. The number of benzene rings is 3. The lowest BCUT2D eigenvalue weighted by Gasteiger charge is -2.20. The summed E-state index contributed by atoms with van der Waals surface area (Å²) < 4.78 is 9.35. The van der Waals surface area contributed by atoms with Crippen molar-refractivity contribution in [3.63, 3.8) is 0 Å². The Balaban J connectivity index is 1.59. The number of nitrogens with one attached hydrogen (secondary N) is 1. The molecule has 0 atom stereocenters. The molecule has 0 aliphatic carbocycles. The predicted octanol–water partition coefficient (Wildman–Crippen LogP) is 5.81. The van der Waals surface area contributed by atoms with Gasteiger partial charge in [-0.05, 0) is 67.3 Å². The van der Waals surface area contributed by atoms with Gasteiger partial charge >= 0.3 is 0 Å². The van der Waals surface area contributed by atoms with Crippen molar-refractivity contribution in [2.75, 3.05) is 5.32 Å². The molecule has 1 aliphatic rings. The van der Waals surface area contributed by atoms with Gasteiger partial charge in [0.05, 0.1) is 11.3 Å². The van der Waals surface area contributed by atoms with Crippen LogP contribution in [0.5, 0.6) is 11.6 Å². The van der Waals surface area contributed by atoms with E-state index in [0.717, 1.165) is 34.4 Å². The van der Waals surface area contributed by atoms with Crippen LogP contribution in [0, 0.1) is 13.8 Å². The van der Waals surface area contributed by atoms with Crippen LogP contribution in [0.2, 0.25) is 5.02 Å². The van der Waals surface area contributed by atoms with Crippen LogP contribution in [0.4, 0.5) is 5.69 Å². The average molecular weight is 488 g/mol. The number of carbonyl (C=O) groups is 1. The molecule has 4 aromatic rings. The first-order valence-electron chi connectivity index (χ1n) is 11.6. The topological polar surface area (TPSA) is 65.3 Å². The number of para-hydroxylation sites is 1. The highest BCUT2D eigenvalue weighted by Crippen LogP contribution is 2.37. The number of rotatable bonds is 5. The van der Waals surface area contributed by atoms with Crippen molar-refractivity contribution in [3.05, 3.63) is 104 Å². The number of hydrogen-bond donors (Lipinski definition) is 1. The maximum absolute atomic E-state index is 13.6. The number of fused-ring (bicyclic) bond motifs is 2. The van der Waals surface area contributed by atoms with E-state index in [9.17, 15) is 9.59 Å². The number of aryl methyl sites for hydroxylation is 3. The van der Waals surface area contributed by atoms with Gasteiger partial charge in [-0.2, -0.15) is 0 Å². The number of hydrogen-bond acceptors (Lipinski definition) is 3. The SMILES string of the molecule is CCc1ccc(-n2c(=O)c3c(n2CC(=O)Nc2c(C)cccc2C)Oc2ccc(Cl)cc2C3)cc1. The Labute approximate surface area is 208 Å². The minimum absolute atomic E-state index is 0.0865. The fourth-order valence-corrected chi connectivity index (χ4v) is 4.71. The summed E-state index contributed by atoms with van der Waals surface area (Å²) >= 11 is 6.18. The van der Waals surface area contributed by atoms with Crippen molar-refractivity contribution in [1.82, 2.24) is 9.36 Å². The molecule has 0 bridgehead atoms. The lowest BCUT2D eigenvalue weighted by Crippen LogP contribution is -2.27. The van der Waals surface area contributed by atoms with Crippen molar-refractivity contribution < 1.29 is 9.53 Å². The summed E-state index contributed by atoms with van der Waals surface area (Å²) in [6, 6.07) is 19.0. The molecule has 0 unspecified atom stereocenters. The van der Waals surface area contributed by atoms with Gasteiger partial charge in [0.1, 0.15) is 12.3 Å². The third-order valence-corrected chi connectivity index (χ3v) is 6.64. The molecule has 0 fully saturated rings. The number of aromatic nitrogens is 2. The van der Waals surface area contributed by atoms with Crippen molar-refractivity contribution >= 4 is 23.2 Å². The van der Waals surface area contributed by atoms with Crippen LogP contribution < -0.4 is 15.6 Å². The Morgan fingerprint density at radius 3 is 2.46 bits per heavy atom. The van der Waals surface area contributed by atoms with Gasteiger partial charge in [-0.15, -0.1) is 0 Å². The zero-order valence-electron chi connectivity index (χ0n) is 19.9. The molecule has 2 heterocycles. The third-order valence-electron chi connectivity index (χ3n) is 6.41. The minimum atomic E-state index is -0.246. The quantitative estimate of drug-likeness (QED) is 0.340. The van der Waals surface area contributed by atoms with Gasteiger partial charge in [0.15, 0.2) is 0 Å². The van der Waals surface area contributed by atoms with Crippen LogP contribution in [0.3, 0.4) is 0 Å². The summed E-state index contributed by atoms with van der Waals surface area (Å²) in [6.45, 7) is 5.90. The largest absolute Gasteiger partial charge is 0.439 e. The van der Waals surface area contributed by atoms with E-state index >= 15 is 0 Å². The molecule has 0 saturated carbocycles. The Morgan fingerprint density at radius 1 is 1.06 bits per heavy atom. The monoisotopic (exact) mass is 487 g/mol. The molecule has 35 heavy (non-hydrogen) atoms. The number of ether oxygens (including phenoxy) is 1. The highest BCUT2D eigenvalue weighted by Gasteiger charge is 2.29. The van der Waals surface area contributed by atoms with Gasteiger partial charge in [0.2, 0.25) is 11.8 Å². The molecule has 0 spiro atoms. The van der Waals surface area contributed by atoms with E-state index in [0.29, 0.717) is 34.3 Å². The maximum atomic E-state index is 13.6.